The number of hydrogen-bond acceptors (Lipinski definition) is 1. The van der Waals surface area contributed by atoms with Gasteiger partial charge in [-0.3, -0.25) is 0 Å². The number of rotatable bonds is 3. The molecule has 1 nitrogen and oxygen atoms in total. The molecule has 0 heterocycles. The van der Waals surface area contributed by atoms with Crippen LogP contribution in [0.4, 0.5) is 0 Å². The van der Waals surface area contributed by atoms with Crippen molar-refractivity contribution in [2.75, 3.05) is 12.8 Å². The number of aliphatic hydroxyl groups is 1. The summed E-state index contributed by atoms with van der Waals surface area (Å²) in [5, 5.41) is 8.14. The van der Waals surface area contributed by atoms with Gasteiger partial charge >= 0.3 is 0 Å². The Morgan fingerprint density at radius 3 is 2.50 bits per heavy atom. The summed E-state index contributed by atoms with van der Waals surface area (Å²) >= 11 is 5.30. The predicted molar refractivity (Wildman–Crippen MR) is 30.7 cm³/mol. The Morgan fingerprint density at radius 1 is 1.67 bits per heavy atom. The zero-order valence-electron chi connectivity index (χ0n) is 3.45. The molecule has 6 heavy (non-hydrogen) atoms. The second-order valence-corrected chi connectivity index (χ2v) is 2.53. The van der Waals surface area contributed by atoms with Gasteiger partial charge in [0.05, 0.1) is 0 Å². The van der Waals surface area contributed by atoms with Gasteiger partial charge in [-0.2, -0.15) is 0 Å². The summed E-state index contributed by atoms with van der Waals surface area (Å²) < 4.78 is 0. The Labute approximate surface area is 44.3 Å². The lowest BCUT2D eigenvalue weighted by Gasteiger charge is -1.84. The maximum Gasteiger partial charge on any atom is 0.0434 e. The maximum atomic E-state index is 8.14. The van der Waals surface area contributed by atoms with Gasteiger partial charge in [0.1, 0.15) is 0 Å². The molecule has 1 N–H and O–H groups in total. The topological polar surface area (TPSA) is 20.2 Å². The van der Waals surface area contributed by atoms with Gasteiger partial charge in [-0.05, 0) is 20.5 Å². The normalized spacial score (nSPS) is 11.0. The van der Waals surface area contributed by atoms with Crippen LogP contribution in [0, 0.1) is 0 Å². The molecule has 0 saturated heterocycles. The van der Waals surface area contributed by atoms with Gasteiger partial charge in [0.15, 0.2) is 0 Å². The van der Waals surface area contributed by atoms with Gasteiger partial charge in [0.25, 0.3) is 0 Å². The van der Waals surface area contributed by atoms with Crippen molar-refractivity contribution in [3.8, 4) is 0 Å². The summed E-state index contributed by atoms with van der Waals surface area (Å²) in [5.74, 6) is 0. The van der Waals surface area contributed by atoms with E-state index in [9.17, 15) is 0 Å². The molecule has 0 aliphatic heterocycles. The number of aliphatic hydroxyl groups excluding tert-OH is 1. The molecule has 1 unspecified atom stereocenters. The van der Waals surface area contributed by atoms with E-state index < -0.39 is 0 Å². The first kappa shape index (κ1) is 6.68. The highest BCUT2D eigenvalue weighted by atomic mass is 35.7. The van der Waals surface area contributed by atoms with Crippen LogP contribution < -0.4 is 0 Å². The molecule has 0 rings (SSSR count). The lowest BCUT2D eigenvalue weighted by Crippen LogP contribution is -1.80. The smallest absolute Gasteiger partial charge is 0.0434 e. The minimum absolute atomic E-state index is 0.278. The molecule has 0 aromatic rings. The van der Waals surface area contributed by atoms with E-state index in [2.05, 4.69) is 0 Å². The van der Waals surface area contributed by atoms with Crippen molar-refractivity contribution in [3.05, 3.63) is 0 Å². The lowest BCUT2D eigenvalue weighted by molar-refractivity contribution is 0.296. The zero-order chi connectivity index (χ0) is 4.83. The molecular weight excluding hydrogens is 118 g/mol. The van der Waals surface area contributed by atoms with E-state index in [0.717, 1.165) is 12.6 Å². The van der Waals surface area contributed by atoms with Crippen molar-refractivity contribution in [2.24, 2.45) is 0 Å². The Balaban J connectivity index is 2.34. The quantitative estimate of drug-likeness (QED) is 0.445. The summed E-state index contributed by atoms with van der Waals surface area (Å²) in [6.45, 7) is 0.278. The fraction of sp³-hybridized carbons (Fsp3) is 1.00. The average molecular weight is 127 g/mol. The first-order valence-corrected chi connectivity index (χ1v) is 4.08. The molecule has 0 spiro atoms. The minimum atomic E-state index is 0.278. The maximum absolute atomic E-state index is 8.14. The van der Waals surface area contributed by atoms with Crippen LogP contribution in [0.25, 0.3) is 0 Å². The second-order valence-electron chi connectivity index (χ2n) is 0.961. The summed E-state index contributed by atoms with van der Waals surface area (Å²) in [4.78, 5) is 0. The van der Waals surface area contributed by atoms with E-state index in [1.807, 2.05) is 0 Å². The SMILES string of the molecule is OCCCPCl. The Hall–Kier alpha value is 0.680. The first-order valence-electron chi connectivity index (χ1n) is 1.86. The van der Waals surface area contributed by atoms with Crippen LogP contribution in [-0.4, -0.2) is 17.9 Å². The zero-order valence-corrected chi connectivity index (χ0v) is 5.20. The third kappa shape index (κ3) is 4.68. The van der Waals surface area contributed by atoms with Gasteiger partial charge in [0.2, 0.25) is 0 Å². The highest BCUT2D eigenvalue weighted by molar-refractivity contribution is 7.68. The van der Waals surface area contributed by atoms with Crippen LogP contribution in [0.15, 0.2) is 0 Å². The van der Waals surface area contributed by atoms with E-state index in [1.165, 1.54) is 0 Å². The fourth-order valence-corrected chi connectivity index (χ4v) is 0.839. The third-order valence-corrected chi connectivity index (χ3v) is 1.54. The summed E-state index contributed by atoms with van der Waals surface area (Å²) in [6, 6.07) is 0. The molecule has 0 aliphatic carbocycles. The molecule has 38 valence electrons. The van der Waals surface area contributed by atoms with Gasteiger partial charge in [-0.1, -0.05) is 0 Å². The van der Waals surface area contributed by atoms with Crippen LogP contribution in [-0.2, 0) is 0 Å². The average Bonchev–Trinajstić information content (AvgIpc) is 1.61. The first-order chi connectivity index (χ1) is 2.91. The van der Waals surface area contributed by atoms with Gasteiger partial charge in [-0.15, -0.1) is 11.2 Å². The molecule has 0 radical (unpaired) electrons. The predicted octanol–water partition coefficient (Wildman–Crippen LogP) is 1.20. The minimum Gasteiger partial charge on any atom is -0.396 e. The van der Waals surface area contributed by atoms with Gasteiger partial charge in [-0.25, -0.2) is 0 Å². The van der Waals surface area contributed by atoms with Gasteiger partial charge < -0.3 is 5.11 Å². The molecule has 0 amide bonds. The molecule has 0 fully saturated rings. The summed E-state index contributed by atoms with van der Waals surface area (Å²) in [5.41, 5.74) is 0. The molecule has 0 aromatic heterocycles. The van der Waals surface area contributed by atoms with E-state index in [0.29, 0.717) is 7.93 Å². The van der Waals surface area contributed by atoms with Crippen LogP contribution in [0.2, 0.25) is 0 Å². The molecule has 0 bridgehead atoms. The van der Waals surface area contributed by atoms with Crippen LogP contribution >= 0.6 is 19.2 Å². The van der Waals surface area contributed by atoms with Crippen LogP contribution in [0.3, 0.4) is 0 Å². The summed E-state index contributed by atoms with van der Waals surface area (Å²) in [7, 11) is 0.477. The molecular formula is C3H8ClOP. The van der Waals surface area contributed by atoms with Crippen molar-refractivity contribution in [1.82, 2.24) is 0 Å². The van der Waals surface area contributed by atoms with E-state index in [-0.39, 0.29) is 6.61 Å². The monoisotopic (exact) mass is 126 g/mol. The van der Waals surface area contributed by atoms with Crippen molar-refractivity contribution in [1.29, 1.82) is 0 Å². The lowest BCUT2D eigenvalue weighted by atomic mass is 10.5. The van der Waals surface area contributed by atoms with Crippen LogP contribution in [0.5, 0.6) is 0 Å². The van der Waals surface area contributed by atoms with E-state index in [4.69, 9.17) is 16.3 Å². The Bertz CT molecular complexity index is 22.8. The van der Waals surface area contributed by atoms with Crippen molar-refractivity contribution >= 4 is 19.2 Å². The molecule has 0 aromatic carbocycles. The largest absolute Gasteiger partial charge is 0.396 e. The highest BCUT2D eigenvalue weighted by Crippen LogP contribution is 2.15. The molecule has 0 aliphatic rings. The van der Waals surface area contributed by atoms with Crippen molar-refractivity contribution < 1.29 is 5.11 Å². The molecule has 3 heteroatoms. The number of hydrogen-bond donors (Lipinski definition) is 1. The van der Waals surface area contributed by atoms with Crippen molar-refractivity contribution in [3.63, 3.8) is 0 Å². The Morgan fingerprint density at radius 2 is 2.33 bits per heavy atom. The Kier molecular flexibility index (Phi) is 6.32. The molecule has 1 atom stereocenters. The van der Waals surface area contributed by atoms with Crippen LogP contribution in [0.1, 0.15) is 6.42 Å². The number of halogens is 1. The fourth-order valence-electron chi connectivity index (χ4n) is 0.146. The third-order valence-electron chi connectivity index (χ3n) is 0.429. The van der Waals surface area contributed by atoms with Gasteiger partial charge in [0, 0.05) is 6.61 Å². The second kappa shape index (κ2) is 5.68. The summed E-state index contributed by atoms with van der Waals surface area (Å²) in [6.07, 6.45) is 1.81. The van der Waals surface area contributed by atoms with E-state index >= 15 is 0 Å². The standard InChI is InChI=1S/C3H8ClOP/c4-6-3-1-2-5/h5-6H,1-3H2. The highest BCUT2D eigenvalue weighted by Gasteiger charge is 1.77. The van der Waals surface area contributed by atoms with E-state index in [1.54, 1.807) is 0 Å². The van der Waals surface area contributed by atoms with Crippen molar-refractivity contribution in [2.45, 2.75) is 6.42 Å². The molecule has 0 saturated carbocycles.